The third-order valence-electron chi connectivity index (χ3n) is 5.18. The number of nitro benzene ring substituents is 1. The van der Waals surface area contributed by atoms with Crippen LogP contribution in [0.25, 0.3) is 0 Å². The highest BCUT2D eigenvalue weighted by atomic mass is 16.6. The number of nitrogens with zero attached hydrogens (tertiary/aromatic N) is 3. The van der Waals surface area contributed by atoms with Gasteiger partial charge >= 0.3 is 0 Å². The molecule has 1 N–H and O–H groups in total. The molecule has 26 heavy (non-hydrogen) atoms. The Bertz CT molecular complexity index is 724. The number of carbonyl (C=O) groups is 2. The first-order valence-corrected chi connectivity index (χ1v) is 8.96. The molecule has 0 spiro atoms. The highest BCUT2D eigenvalue weighted by molar-refractivity contribution is 5.96. The van der Waals surface area contributed by atoms with Crippen molar-refractivity contribution in [2.45, 2.75) is 38.8 Å². The molecule has 1 unspecified atom stereocenters. The quantitative estimate of drug-likeness (QED) is 0.631. The van der Waals surface area contributed by atoms with Gasteiger partial charge in [0.25, 0.3) is 11.6 Å². The second-order valence-corrected chi connectivity index (χ2v) is 6.99. The monoisotopic (exact) mass is 360 g/mol. The Labute approximate surface area is 152 Å². The number of nitro groups is 1. The van der Waals surface area contributed by atoms with Gasteiger partial charge in [-0.25, -0.2) is 0 Å². The summed E-state index contributed by atoms with van der Waals surface area (Å²) in [7, 11) is 0. The van der Waals surface area contributed by atoms with E-state index < -0.39 is 4.92 Å². The van der Waals surface area contributed by atoms with E-state index >= 15 is 0 Å². The Hall–Kier alpha value is -2.48. The topological polar surface area (TPSA) is 95.8 Å². The van der Waals surface area contributed by atoms with E-state index in [1.807, 2.05) is 6.92 Å². The average Bonchev–Trinajstić information content (AvgIpc) is 3.44. The molecule has 2 aliphatic rings. The van der Waals surface area contributed by atoms with E-state index in [1.54, 1.807) is 24.0 Å². The van der Waals surface area contributed by atoms with Crippen molar-refractivity contribution in [2.75, 3.05) is 26.2 Å². The zero-order valence-electron chi connectivity index (χ0n) is 15.1. The molecule has 8 nitrogen and oxygen atoms in total. The Morgan fingerprint density at radius 2 is 1.88 bits per heavy atom. The largest absolute Gasteiger partial charge is 0.352 e. The molecule has 1 atom stereocenters. The standard InChI is InChI=1S/C18H24N4O4/c1-12-15(4-3-5-16(12)22(25)26)18(24)21-10-8-20(9-11-21)13(2)17(23)19-14-6-7-14/h3-5,13-14H,6-11H2,1-2H3,(H,19,23). The van der Waals surface area contributed by atoms with Gasteiger partial charge in [0.15, 0.2) is 0 Å². The molecular formula is C18H24N4O4. The number of nitrogens with one attached hydrogen (secondary N) is 1. The van der Waals surface area contributed by atoms with Crippen LogP contribution in [0.2, 0.25) is 0 Å². The van der Waals surface area contributed by atoms with Gasteiger partial charge in [0, 0.05) is 49.4 Å². The van der Waals surface area contributed by atoms with Gasteiger partial charge < -0.3 is 10.2 Å². The molecule has 1 saturated heterocycles. The molecule has 0 aromatic heterocycles. The van der Waals surface area contributed by atoms with Crippen LogP contribution in [0.15, 0.2) is 18.2 Å². The molecule has 0 radical (unpaired) electrons. The zero-order valence-corrected chi connectivity index (χ0v) is 15.1. The Kier molecular flexibility index (Phi) is 5.22. The molecule has 1 aromatic carbocycles. The number of hydrogen-bond donors (Lipinski definition) is 1. The Morgan fingerprint density at radius 3 is 2.46 bits per heavy atom. The summed E-state index contributed by atoms with van der Waals surface area (Å²) in [6.07, 6.45) is 2.12. The van der Waals surface area contributed by atoms with Crippen molar-refractivity contribution in [1.82, 2.24) is 15.1 Å². The summed E-state index contributed by atoms with van der Waals surface area (Å²) in [6, 6.07) is 4.70. The van der Waals surface area contributed by atoms with Crippen LogP contribution in [0.5, 0.6) is 0 Å². The van der Waals surface area contributed by atoms with Gasteiger partial charge in [-0.15, -0.1) is 0 Å². The third kappa shape index (κ3) is 3.85. The number of benzene rings is 1. The van der Waals surface area contributed by atoms with E-state index in [4.69, 9.17) is 0 Å². The van der Waals surface area contributed by atoms with Crippen LogP contribution < -0.4 is 5.32 Å². The molecular weight excluding hydrogens is 336 g/mol. The molecule has 3 rings (SSSR count). The minimum Gasteiger partial charge on any atom is -0.352 e. The lowest BCUT2D eigenvalue weighted by molar-refractivity contribution is -0.385. The van der Waals surface area contributed by atoms with Crippen LogP contribution in [-0.4, -0.2) is 64.8 Å². The molecule has 1 aliphatic heterocycles. The molecule has 2 amide bonds. The lowest BCUT2D eigenvalue weighted by atomic mass is 10.0. The summed E-state index contributed by atoms with van der Waals surface area (Å²) < 4.78 is 0. The highest BCUT2D eigenvalue weighted by Gasteiger charge is 2.31. The van der Waals surface area contributed by atoms with E-state index in [0.717, 1.165) is 12.8 Å². The van der Waals surface area contributed by atoms with Crippen molar-refractivity contribution < 1.29 is 14.5 Å². The van der Waals surface area contributed by atoms with Crippen LogP contribution >= 0.6 is 0 Å². The summed E-state index contributed by atoms with van der Waals surface area (Å²) in [6.45, 7) is 5.72. The van der Waals surface area contributed by atoms with E-state index in [1.165, 1.54) is 6.07 Å². The smallest absolute Gasteiger partial charge is 0.273 e. The zero-order chi connectivity index (χ0) is 18.8. The van der Waals surface area contributed by atoms with Crippen molar-refractivity contribution in [3.8, 4) is 0 Å². The molecule has 1 saturated carbocycles. The summed E-state index contributed by atoms with van der Waals surface area (Å²) in [4.78, 5) is 39.3. The maximum atomic E-state index is 12.8. The van der Waals surface area contributed by atoms with Gasteiger partial charge in [-0.1, -0.05) is 6.07 Å². The van der Waals surface area contributed by atoms with Crippen molar-refractivity contribution in [2.24, 2.45) is 0 Å². The second kappa shape index (κ2) is 7.41. The highest BCUT2D eigenvalue weighted by Crippen LogP contribution is 2.23. The van der Waals surface area contributed by atoms with Crippen LogP contribution in [0.4, 0.5) is 5.69 Å². The maximum Gasteiger partial charge on any atom is 0.273 e. The molecule has 8 heteroatoms. The van der Waals surface area contributed by atoms with Crippen molar-refractivity contribution >= 4 is 17.5 Å². The van der Waals surface area contributed by atoms with Crippen LogP contribution in [0, 0.1) is 17.0 Å². The predicted molar refractivity (Wildman–Crippen MR) is 95.9 cm³/mol. The molecule has 1 aromatic rings. The summed E-state index contributed by atoms with van der Waals surface area (Å²) in [5.41, 5.74) is 0.717. The fraction of sp³-hybridized carbons (Fsp3) is 0.556. The van der Waals surface area contributed by atoms with E-state index in [0.29, 0.717) is 43.3 Å². The lowest BCUT2D eigenvalue weighted by Gasteiger charge is -2.37. The fourth-order valence-corrected chi connectivity index (χ4v) is 3.25. The van der Waals surface area contributed by atoms with Gasteiger partial charge in [0.1, 0.15) is 0 Å². The minimum atomic E-state index is -0.468. The average molecular weight is 360 g/mol. The lowest BCUT2D eigenvalue weighted by Crippen LogP contribution is -2.55. The van der Waals surface area contributed by atoms with E-state index in [-0.39, 0.29) is 23.5 Å². The Balaban J connectivity index is 1.61. The maximum absolute atomic E-state index is 12.8. The second-order valence-electron chi connectivity index (χ2n) is 6.99. The van der Waals surface area contributed by atoms with Gasteiger partial charge in [-0.05, 0) is 32.8 Å². The van der Waals surface area contributed by atoms with Gasteiger partial charge in [0.2, 0.25) is 5.91 Å². The van der Waals surface area contributed by atoms with Crippen molar-refractivity contribution in [1.29, 1.82) is 0 Å². The van der Waals surface area contributed by atoms with E-state index in [2.05, 4.69) is 10.2 Å². The van der Waals surface area contributed by atoms with Gasteiger partial charge in [-0.2, -0.15) is 0 Å². The molecule has 140 valence electrons. The number of piperazine rings is 1. The predicted octanol–water partition coefficient (Wildman–Crippen LogP) is 1.33. The summed E-state index contributed by atoms with van der Waals surface area (Å²) >= 11 is 0. The SMILES string of the molecule is Cc1c(C(=O)N2CCN(C(C)C(=O)NC3CC3)CC2)cccc1[N+](=O)[O-]. The minimum absolute atomic E-state index is 0.0418. The van der Waals surface area contributed by atoms with Crippen LogP contribution in [-0.2, 0) is 4.79 Å². The first-order chi connectivity index (χ1) is 12.4. The third-order valence-corrected chi connectivity index (χ3v) is 5.18. The Morgan fingerprint density at radius 1 is 1.23 bits per heavy atom. The number of amides is 2. The van der Waals surface area contributed by atoms with E-state index in [9.17, 15) is 19.7 Å². The summed E-state index contributed by atoms with van der Waals surface area (Å²) in [5.74, 6) is -0.150. The van der Waals surface area contributed by atoms with Crippen LogP contribution in [0.1, 0.15) is 35.7 Å². The molecule has 1 aliphatic carbocycles. The normalized spacial score (nSPS) is 19.1. The number of carbonyl (C=O) groups excluding carboxylic acids is 2. The first kappa shape index (κ1) is 18.3. The summed E-state index contributed by atoms with van der Waals surface area (Å²) in [5, 5.41) is 14.1. The van der Waals surface area contributed by atoms with Gasteiger partial charge in [-0.3, -0.25) is 24.6 Å². The number of hydrogen-bond acceptors (Lipinski definition) is 5. The first-order valence-electron chi connectivity index (χ1n) is 8.96. The van der Waals surface area contributed by atoms with Gasteiger partial charge in [0.05, 0.1) is 11.0 Å². The van der Waals surface area contributed by atoms with Crippen LogP contribution in [0.3, 0.4) is 0 Å². The molecule has 2 fully saturated rings. The fourth-order valence-electron chi connectivity index (χ4n) is 3.25. The van der Waals surface area contributed by atoms with Crippen molar-refractivity contribution in [3.63, 3.8) is 0 Å². The molecule has 0 bridgehead atoms. The van der Waals surface area contributed by atoms with Crippen molar-refractivity contribution in [3.05, 3.63) is 39.4 Å². The molecule has 1 heterocycles. The number of rotatable bonds is 5.